The minimum Gasteiger partial charge on any atom is -0.334 e. The first kappa shape index (κ1) is 14.2. The molecule has 0 aliphatic rings. The quantitative estimate of drug-likeness (QED) is 0.839. The maximum absolute atomic E-state index is 5.47. The van der Waals surface area contributed by atoms with E-state index in [1.54, 1.807) is 0 Å². The highest BCUT2D eigenvalue weighted by molar-refractivity contribution is 7.71. The third-order valence-electron chi connectivity index (χ3n) is 3.52. The van der Waals surface area contributed by atoms with Crippen LogP contribution in [0.1, 0.15) is 23.6 Å². The molecular weight excluding hydrogens is 274 g/mol. The number of aryl methyl sites for hydroxylation is 3. The average Bonchev–Trinajstić information content (AvgIpc) is 2.64. The zero-order valence-corrected chi connectivity index (χ0v) is 13.6. The van der Waals surface area contributed by atoms with Crippen molar-refractivity contribution >= 4 is 24.4 Å². The molecule has 2 aromatic heterocycles. The van der Waals surface area contributed by atoms with Crippen LogP contribution >= 0.6 is 24.4 Å². The molecule has 0 atom stereocenters. The molecule has 0 radical (unpaired) electrons. The molecule has 0 fully saturated rings. The molecule has 0 aromatic carbocycles. The van der Waals surface area contributed by atoms with Crippen LogP contribution in [0.3, 0.4) is 0 Å². The van der Waals surface area contributed by atoms with Gasteiger partial charge in [0.1, 0.15) is 9.28 Å². The Labute approximate surface area is 123 Å². The van der Waals surface area contributed by atoms with Gasteiger partial charge in [0.05, 0.1) is 11.4 Å². The van der Waals surface area contributed by atoms with Crippen LogP contribution in [-0.4, -0.2) is 14.3 Å². The Bertz CT molecular complexity index is 747. The summed E-state index contributed by atoms with van der Waals surface area (Å²) in [6.45, 7) is 9.13. The van der Waals surface area contributed by atoms with E-state index in [1.165, 1.54) is 5.56 Å². The lowest BCUT2D eigenvalue weighted by Gasteiger charge is -2.14. The Morgan fingerprint density at radius 3 is 2.26 bits per heavy atom. The molecule has 3 nitrogen and oxygen atoms in total. The topological polar surface area (TPSA) is 25.6 Å². The van der Waals surface area contributed by atoms with Gasteiger partial charge in [0, 0.05) is 19.2 Å². The van der Waals surface area contributed by atoms with Crippen LogP contribution in [0.2, 0.25) is 0 Å². The van der Waals surface area contributed by atoms with E-state index in [0.717, 1.165) is 38.3 Å². The Morgan fingerprint density at radius 2 is 1.74 bits per heavy atom. The van der Waals surface area contributed by atoms with Crippen molar-refractivity contribution < 1.29 is 0 Å². The fraction of sp³-hybridized carbons (Fsp3) is 0.429. The van der Waals surface area contributed by atoms with E-state index in [9.17, 15) is 0 Å². The van der Waals surface area contributed by atoms with Crippen LogP contribution in [0.5, 0.6) is 0 Å². The molecule has 2 rings (SSSR count). The SMILES string of the molecule is CCn1[nH]c(-c2c(C)cc(C)c(=S)n2C)c(C)c1=S. The molecule has 0 amide bonds. The summed E-state index contributed by atoms with van der Waals surface area (Å²) in [5, 5.41) is 3.39. The van der Waals surface area contributed by atoms with E-state index in [1.807, 2.05) is 18.7 Å². The van der Waals surface area contributed by atoms with Crippen molar-refractivity contribution in [2.24, 2.45) is 7.05 Å². The summed E-state index contributed by atoms with van der Waals surface area (Å²) < 4.78 is 5.78. The molecule has 5 heteroatoms. The third kappa shape index (κ3) is 2.21. The number of nitrogens with zero attached hydrogens (tertiary/aromatic N) is 2. The number of rotatable bonds is 2. The summed E-state index contributed by atoms with van der Waals surface area (Å²) in [4.78, 5) is 0. The Kier molecular flexibility index (Phi) is 3.78. The third-order valence-corrected chi connectivity index (χ3v) is 4.65. The monoisotopic (exact) mass is 293 g/mol. The van der Waals surface area contributed by atoms with Crippen molar-refractivity contribution in [2.45, 2.75) is 34.2 Å². The molecule has 2 aromatic rings. The van der Waals surface area contributed by atoms with Gasteiger partial charge in [-0.05, 0) is 38.8 Å². The van der Waals surface area contributed by atoms with Crippen LogP contribution in [0.4, 0.5) is 0 Å². The lowest BCUT2D eigenvalue weighted by atomic mass is 10.1. The van der Waals surface area contributed by atoms with E-state index < -0.39 is 0 Å². The van der Waals surface area contributed by atoms with Crippen molar-refractivity contribution in [2.75, 3.05) is 0 Å². The number of aromatic nitrogens is 3. The van der Waals surface area contributed by atoms with Gasteiger partial charge in [0.15, 0.2) is 0 Å². The van der Waals surface area contributed by atoms with Crippen molar-refractivity contribution in [1.29, 1.82) is 0 Å². The van der Waals surface area contributed by atoms with Gasteiger partial charge < -0.3 is 4.57 Å². The zero-order valence-electron chi connectivity index (χ0n) is 12.0. The number of hydrogen-bond acceptors (Lipinski definition) is 2. The molecular formula is C14H19N3S2. The van der Waals surface area contributed by atoms with E-state index >= 15 is 0 Å². The van der Waals surface area contributed by atoms with E-state index in [-0.39, 0.29) is 0 Å². The predicted molar refractivity (Wildman–Crippen MR) is 84.7 cm³/mol. The van der Waals surface area contributed by atoms with Crippen LogP contribution in [0.15, 0.2) is 6.07 Å². The molecule has 0 spiro atoms. The van der Waals surface area contributed by atoms with Gasteiger partial charge in [0.25, 0.3) is 0 Å². The largest absolute Gasteiger partial charge is 0.334 e. The number of hydrogen-bond donors (Lipinski definition) is 1. The number of pyridine rings is 1. The Morgan fingerprint density at radius 1 is 1.11 bits per heavy atom. The van der Waals surface area contributed by atoms with Crippen molar-refractivity contribution in [1.82, 2.24) is 14.3 Å². The van der Waals surface area contributed by atoms with Crippen LogP contribution in [0.25, 0.3) is 11.4 Å². The van der Waals surface area contributed by atoms with Gasteiger partial charge >= 0.3 is 0 Å². The first-order valence-corrected chi connectivity index (χ1v) is 7.17. The molecule has 1 N–H and O–H groups in total. The average molecular weight is 293 g/mol. The highest BCUT2D eigenvalue weighted by Gasteiger charge is 2.14. The smallest absolute Gasteiger partial charge is 0.125 e. The first-order valence-electron chi connectivity index (χ1n) is 6.35. The minimum atomic E-state index is 0.842. The normalized spacial score (nSPS) is 11.0. The van der Waals surface area contributed by atoms with E-state index in [4.69, 9.17) is 24.4 Å². The molecule has 102 valence electrons. The lowest BCUT2D eigenvalue weighted by molar-refractivity contribution is 0.651. The van der Waals surface area contributed by atoms with Crippen LogP contribution in [0, 0.1) is 30.1 Å². The summed E-state index contributed by atoms with van der Waals surface area (Å²) in [7, 11) is 2.01. The molecule has 0 bridgehead atoms. The first-order chi connectivity index (χ1) is 8.88. The molecule has 0 aliphatic heterocycles. The van der Waals surface area contributed by atoms with Gasteiger partial charge in [-0.15, -0.1) is 0 Å². The standard InChI is InChI=1S/C14H19N3S2/c1-6-17-14(19)10(4)11(15-17)12-8(2)7-9(3)13(18)16(12)5/h7,15H,6H2,1-5H3. The lowest BCUT2D eigenvalue weighted by Crippen LogP contribution is -2.04. The van der Waals surface area contributed by atoms with Gasteiger partial charge in [-0.3, -0.25) is 9.78 Å². The van der Waals surface area contributed by atoms with Gasteiger partial charge in [-0.25, -0.2) is 0 Å². The predicted octanol–water partition coefficient (Wildman–Crippen LogP) is 4.23. The minimum absolute atomic E-state index is 0.842. The number of aromatic amines is 1. The summed E-state index contributed by atoms with van der Waals surface area (Å²) in [6, 6.07) is 2.14. The highest BCUT2D eigenvalue weighted by Crippen LogP contribution is 2.27. The summed E-state index contributed by atoms with van der Waals surface area (Å²) >= 11 is 10.9. The van der Waals surface area contributed by atoms with Crippen molar-refractivity contribution in [3.8, 4) is 11.4 Å². The molecule has 0 unspecified atom stereocenters. The second-order valence-electron chi connectivity index (χ2n) is 4.88. The fourth-order valence-corrected chi connectivity index (χ4v) is 2.91. The zero-order chi connectivity index (χ0) is 14.3. The second kappa shape index (κ2) is 5.06. The van der Waals surface area contributed by atoms with Crippen LogP contribution in [-0.2, 0) is 13.6 Å². The summed E-state index contributed by atoms with van der Waals surface area (Å²) in [6.07, 6.45) is 0. The molecule has 19 heavy (non-hydrogen) atoms. The maximum Gasteiger partial charge on any atom is 0.125 e. The number of nitrogens with one attached hydrogen (secondary N) is 1. The Hall–Kier alpha value is -1.20. The number of H-pyrrole nitrogens is 1. The van der Waals surface area contributed by atoms with Gasteiger partial charge in [0.2, 0.25) is 0 Å². The molecule has 2 heterocycles. The molecule has 0 saturated heterocycles. The fourth-order valence-electron chi connectivity index (χ4n) is 2.48. The van der Waals surface area contributed by atoms with Gasteiger partial charge in [-0.2, -0.15) is 0 Å². The van der Waals surface area contributed by atoms with E-state index in [0.29, 0.717) is 0 Å². The molecule has 0 aliphatic carbocycles. The van der Waals surface area contributed by atoms with E-state index in [2.05, 4.69) is 36.5 Å². The maximum atomic E-state index is 5.47. The van der Waals surface area contributed by atoms with Crippen LogP contribution < -0.4 is 0 Å². The van der Waals surface area contributed by atoms with Gasteiger partial charge in [-0.1, -0.05) is 30.5 Å². The highest BCUT2D eigenvalue weighted by atomic mass is 32.1. The second-order valence-corrected chi connectivity index (χ2v) is 5.66. The summed E-state index contributed by atoms with van der Waals surface area (Å²) in [5.41, 5.74) is 5.62. The van der Waals surface area contributed by atoms with Crippen molar-refractivity contribution in [3.63, 3.8) is 0 Å². The Balaban J connectivity index is 2.84. The summed E-state index contributed by atoms with van der Waals surface area (Å²) in [5.74, 6) is 0. The molecule has 0 saturated carbocycles. The van der Waals surface area contributed by atoms with Crippen molar-refractivity contribution in [3.05, 3.63) is 32.0 Å².